The second-order valence-corrected chi connectivity index (χ2v) is 5.38. The third kappa shape index (κ3) is 3.27. The van der Waals surface area contributed by atoms with Crippen LogP contribution in [0.15, 0.2) is 18.2 Å². The van der Waals surface area contributed by atoms with Crippen molar-refractivity contribution in [3.05, 3.63) is 34.9 Å². The van der Waals surface area contributed by atoms with Crippen LogP contribution in [0.5, 0.6) is 0 Å². The molecular formula is C16H20N2O4. The van der Waals surface area contributed by atoms with Crippen molar-refractivity contribution < 1.29 is 19.1 Å². The summed E-state index contributed by atoms with van der Waals surface area (Å²) in [7, 11) is 1.26. The van der Waals surface area contributed by atoms with Crippen LogP contribution in [0.3, 0.4) is 0 Å². The number of nitrogens with one attached hydrogen (secondary N) is 1. The minimum absolute atomic E-state index is 0.140. The molecule has 0 bridgehead atoms. The lowest BCUT2D eigenvalue weighted by molar-refractivity contribution is -0.145. The number of hydrogen-bond acceptors (Lipinski definition) is 4. The van der Waals surface area contributed by atoms with Gasteiger partial charge in [-0.05, 0) is 37.1 Å². The summed E-state index contributed by atoms with van der Waals surface area (Å²) in [6, 6.07) is 4.60. The van der Waals surface area contributed by atoms with E-state index in [9.17, 15) is 14.4 Å². The fourth-order valence-corrected chi connectivity index (χ4v) is 2.44. The van der Waals surface area contributed by atoms with E-state index in [0.29, 0.717) is 18.7 Å². The molecule has 0 aromatic heterocycles. The van der Waals surface area contributed by atoms with Crippen molar-refractivity contribution in [1.29, 1.82) is 0 Å². The van der Waals surface area contributed by atoms with Crippen molar-refractivity contribution in [2.24, 2.45) is 0 Å². The third-order valence-corrected chi connectivity index (χ3v) is 3.93. The molecule has 2 rings (SSSR count). The van der Waals surface area contributed by atoms with E-state index in [2.05, 4.69) is 10.1 Å². The topological polar surface area (TPSA) is 75.7 Å². The van der Waals surface area contributed by atoms with E-state index in [1.54, 1.807) is 12.1 Å². The molecule has 0 spiro atoms. The molecule has 1 N–H and O–H groups in total. The van der Waals surface area contributed by atoms with Gasteiger partial charge in [-0.15, -0.1) is 0 Å². The monoisotopic (exact) mass is 304 g/mol. The van der Waals surface area contributed by atoms with Gasteiger partial charge in [0, 0.05) is 18.7 Å². The highest BCUT2D eigenvalue weighted by atomic mass is 16.5. The van der Waals surface area contributed by atoms with E-state index < -0.39 is 12.0 Å². The normalized spacial score (nSPS) is 17.9. The van der Waals surface area contributed by atoms with Gasteiger partial charge in [0.05, 0.1) is 13.5 Å². The van der Waals surface area contributed by atoms with Gasteiger partial charge in [-0.25, -0.2) is 0 Å². The number of carbonyl (C=O) groups excluding carboxylic acids is 3. The molecule has 0 unspecified atom stereocenters. The van der Waals surface area contributed by atoms with Crippen molar-refractivity contribution in [2.75, 3.05) is 20.2 Å². The summed E-state index contributed by atoms with van der Waals surface area (Å²) in [6.07, 6.45) is -0.140. The highest BCUT2D eigenvalue weighted by Crippen LogP contribution is 2.17. The predicted molar refractivity (Wildman–Crippen MR) is 80.4 cm³/mol. The summed E-state index contributed by atoms with van der Waals surface area (Å²) in [5, 5.41) is 2.68. The fourth-order valence-electron chi connectivity index (χ4n) is 2.44. The maximum atomic E-state index is 12.7. The first-order valence-electron chi connectivity index (χ1n) is 7.16. The van der Waals surface area contributed by atoms with Gasteiger partial charge in [-0.3, -0.25) is 14.4 Å². The Labute approximate surface area is 129 Å². The molecule has 1 fully saturated rings. The Morgan fingerprint density at radius 2 is 2.05 bits per heavy atom. The number of hydrogen-bond donors (Lipinski definition) is 1. The van der Waals surface area contributed by atoms with Crippen LogP contribution in [0.1, 0.15) is 27.9 Å². The van der Waals surface area contributed by atoms with Gasteiger partial charge in [-0.1, -0.05) is 6.07 Å². The molecule has 0 saturated carbocycles. The van der Waals surface area contributed by atoms with Gasteiger partial charge in [0.2, 0.25) is 5.91 Å². The van der Waals surface area contributed by atoms with Gasteiger partial charge in [0.15, 0.2) is 0 Å². The van der Waals surface area contributed by atoms with Crippen molar-refractivity contribution in [3.63, 3.8) is 0 Å². The Kier molecular flexibility index (Phi) is 4.80. The molecule has 1 aliphatic heterocycles. The molecule has 1 aromatic rings. The van der Waals surface area contributed by atoms with Crippen molar-refractivity contribution >= 4 is 17.8 Å². The SMILES string of the molecule is COC(=O)C[C@H]1C(=O)NCCN1C(=O)c1ccc(C)c(C)c1. The molecule has 0 radical (unpaired) electrons. The van der Waals surface area contributed by atoms with Crippen LogP contribution in [0, 0.1) is 13.8 Å². The van der Waals surface area contributed by atoms with Crippen LogP contribution in [-0.4, -0.2) is 48.9 Å². The van der Waals surface area contributed by atoms with Crippen LogP contribution >= 0.6 is 0 Å². The first-order valence-corrected chi connectivity index (χ1v) is 7.16. The molecule has 6 nitrogen and oxygen atoms in total. The smallest absolute Gasteiger partial charge is 0.308 e. The molecule has 1 atom stereocenters. The zero-order valence-corrected chi connectivity index (χ0v) is 13.0. The maximum Gasteiger partial charge on any atom is 0.308 e. The molecule has 2 amide bonds. The van der Waals surface area contributed by atoms with E-state index in [-0.39, 0.29) is 18.2 Å². The van der Waals surface area contributed by atoms with E-state index in [1.807, 2.05) is 19.9 Å². The summed E-state index contributed by atoms with van der Waals surface area (Å²) in [5.41, 5.74) is 2.63. The van der Waals surface area contributed by atoms with Crippen LogP contribution in [0.4, 0.5) is 0 Å². The molecule has 0 aliphatic carbocycles. The molecule has 1 saturated heterocycles. The largest absolute Gasteiger partial charge is 0.469 e. The summed E-state index contributed by atoms with van der Waals surface area (Å²) in [5.74, 6) is -1.08. The number of piperazine rings is 1. The highest BCUT2D eigenvalue weighted by Gasteiger charge is 2.35. The summed E-state index contributed by atoms with van der Waals surface area (Å²) in [4.78, 5) is 37.6. The summed E-state index contributed by atoms with van der Waals surface area (Å²) in [6.45, 7) is 4.66. The number of carbonyl (C=O) groups is 3. The minimum Gasteiger partial charge on any atom is -0.469 e. The number of methoxy groups -OCH3 is 1. The van der Waals surface area contributed by atoms with Crippen molar-refractivity contribution in [3.8, 4) is 0 Å². The lowest BCUT2D eigenvalue weighted by Crippen LogP contribution is -2.57. The molecule has 1 aliphatic rings. The van der Waals surface area contributed by atoms with Crippen LogP contribution in [0.25, 0.3) is 0 Å². The highest BCUT2D eigenvalue weighted by molar-refractivity contribution is 5.99. The number of ether oxygens (including phenoxy) is 1. The van der Waals surface area contributed by atoms with Gasteiger partial charge < -0.3 is 15.0 Å². The molecule has 118 valence electrons. The number of rotatable bonds is 3. The minimum atomic E-state index is -0.824. The van der Waals surface area contributed by atoms with Crippen molar-refractivity contribution in [1.82, 2.24) is 10.2 Å². The van der Waals surface area contributed by atoms with Crippen molar-refractivity contribution in [2.45, 2.75) is 26.3 Å². The van der Waals surface area contributed by atoms with Gasteiger partial charge in [0.1, 0.15) is 6.04 Å². The molecule has 22 heavy (non-hydrogen) atoms. The average Bonchev–Trinajstić information content (AvgIpc) is 2.51. The van der Waals surface area contributed by atoms with E-state index >= 15 is 0 Å². The van der Waals surface area contributed by atoms with Gasteiger partial charge in [-0.2, -0.15) is 0 Å². The maximum absolute atomic E-state index is 12.7. The van der Waals surface area contributed by atoms with E-state index in [0.717, 1.165) is 11.1 Å². The lowest BCUT2D eigenvalue weighted by atomic mass is 10.0. The second kappa shape index (κ2) is 6.60. The lowest BCUT2D eigenvalue weighted by Gasteiger charge is -2.34. The van der Waals surface area contributed by atoms with E-state index in [1.165, 1.54) is 12.0 Å². The average molecular weight is 304 g/mol. The zero-order chi connectivity index (χ0) is 16.3. The fraction of sp³-hybridized carbons (Fsp3) is 0.438. The third-order valence-electron chi connectivity index (χ3n) is 3.93. The Balaban J connectivity index is 2.25. The molecule has 1 aromatic carbocycles. The van der Waals surface area contributed by atoms with Crippen LogP contribution in [-0.2, 0) is 14.3 Å². The Bertz CT molecular complexity index is 612. The molecule has 1 heterocycles. The Morgan fingerprint density at radius 1 is 1.32 bits per heavy atom. The van der Waals surface area contributed by atoms with Gasteiger partial charge >= 0.3 is 5.97 Å². The Morgan fingerprint density at radius 3 is 2.68 bits per heavy atom. The number of amides is 2. The van der Waals surface area contributed by atoms with E-state index in [4.69, 9.17) is 0 Å². The number of nitrogens with zero attached hydrogens (tertiary/aromatic N) is 1. The Hall–Kier alpha value is -2.37. The standard InChI is InChI=1S/C16H20N2O4/c1-10-4-5-12(8-11(10)2)16(21)18-7-6-17-15(20)13(18)9-14(19)22-3/h4-5,8,13H,6-7,9H2,1-3H3,(H,17,20)/t13-/m0/s1. The van der Waals surface area contributed by atoms with Crippen LogP contribution < -0.4 is 5.32 Å². The number of esters is 1. The second-order valence-electron chi connectivity index (χ2n) is 5.38. The number of aryl methyl sites for hydroxylation is 2. The summed E-state index contributed by atoms with van der Waals surface area (Å²) < 4.78 is 4.61. The van der Waals surface area contributed by atoms with Crippen LogP contribution in [0.2, 0.25) is 0 Å². The number of benzene rings is 1. The quantitative estimate of drug-likeness (QED) is 0.838. The first kappa shape index (κ1) is 16.0. The zero-order valence-electron chi connectivity index (χ0n) is 13.0. The van der Waals surface area contributed by atoms with Gasteiger partial charge in [0.25, 0.3) is 5.91 Å². The molecular weight excluding hydrogens is 284 g/mol. The predicted octanol–water partition coefficient (Wildman–Crippen LogP) is 0.807. The first-order chi connectivity index (χ1) is 10.4. The summed E-state index contributed by atoms with van der Waals surface area (Å²) >= 11 is 0. The molecule has 6 heteroatoms.